The molecule has 0 aromatic carbocycles. The highest BCUT2D eigenvalue weighted by atomic mass is 16.5. The van der Waals surface area contributed by atoms with E-state index in [1.807, 2.05) is 11.0 Å². The highest BCUT2D eigenvalue weighted by Crippen LogP contribution is 2.26. The van der Waals surface area contributed by atoms with Crippen LogP contribution in [0.4, 0.5) is 0 Å². The third-order valence-electron chi connectivity index (χ3n) is 6.06. The summed E-state index contributed by atoms with van der Waals surface area (Å²) < 4.78 is 5.82. The van der Waals surface area contributed by atoms with Crippen LogP contribution in [0.2, 0.25) is 0 Å². The minimum atomic E-state index is 0.127. The third-order valence-corrected chi connectivity index (χ3v) is 6.06. The Bertz CT molecular complexity index is 452. The summed E-state index contributed by atoms with van der Waals surface area (Å²) in [6.45, 7) is 15.2. The predicted molar refractivity (Wildman–Crippen MR) is 101 cm³/mol. The van der Waals surface area contributed by atoms with Crippen LogP contribution in [0.15, 0.2) is 12.7 Å². The van der Waals surface area contributed by atoms with E-state index in [2.05, 4.69) is 30.2 Å². The van der Waals surface area contributed by atoms with Gasteiger partial charge in [0.25, 0.3) is 0 Å². The number of hydrogen-bond donors (Lipinski definition) is 0. The zero-order chi connectivity index (χ0) is 17.8. The molecule has 3 heterocycles. The SMILES string of the molecule is C=CCN1CC[C@@H](N2CCC(CCN3C[C@@H](C)O[C@@H](C)C3)CC2)C1=O. The molecular weight excluding hydrogens is 314 g/mol. The Labute approximate surface area is 153 Å². The van der Waals surface area contributed by atoms with Crippen molar-refractivity contribution in [2.24, 2.45) is 5.92 Å². The molecule has 0 aromatic rings. The number of nitrogens with zero attached hydrogens (tertiary/aromatic N) is 3. The Balaban J connectivity index is 1.39. The van der Waals surface area contributed by atoms with Gasteiger partial charge < -0.3 is 9.64 Å². The molecule has 0 spiro atoms. The lowest BCUT2D eigenvalue weighted by molar-refractivity contribution is -0.132. The molecule has 5 heteroatoms. The van der Waals surface area contributed by atoms with Crippen molar-refractivity contribution in [2.75, 3.05) is 45.8 Å². The van der Waals surface area contributed by atoms with E-state index >= 15 is 0 Å². The maximum absolute atomic E-state index is 12.5. The highest BCUT2D eigenvalue weighted by Gasteiger charge is 2.36. The average molecular weight is 350 g/mol. The summed E-state index contributed by atoms with van der Waals surface area (Å²) in [6, 6.07) is 0.127. The van der Waals surface area contributed by atoms with Crippen molar-refractivity contribution in [1.29, 1.82) is 0 Å². The number of likely N-dealkylation sites (tertiary alicyclic amines) is 2. The first-order valence-electron chi connectivity index (χ1n) is 10.1. The average Bonchev–Trinajstić information content (AvgIpc) is 2.94. The van der Waals surface area contributed by atoms with Crippen molar-refractivity contribution < 1.29 is 9.53 Å². The monoisotopic (exact) mass is 349 g/mol. The van der Waals surface area contributed by atoms with Gasteiger partial charge in [-0.1, -0.05) is 6.08 Å². The number of ether oxygens (including phenoxy) is 1. The van der Waals surface area contributed by atoms with Crippen LogP contribution in [0.25, 0.3) is 0 Å². The van der Waals surface area contributed by atoms with Gasteiger partial charge in [-0.2, -0.15) is 0 Å². The normalized spacial score (nSPS) is 33.1. The molecule has 25 heavy (non-hydrogen) atoms. The number of piperidine rings is 1. The van der Waals surface area contributed by atoms with Crippen LogP contribution in [-0.4, -0.2) is 84.7 Å². The van der Waals surface area contributed by atoms with Gasteiger partial charge in [-0.25, -0.2) is 0 Å². The van der Waals surface area contributed by atoms with Gasteiger partial charge in [0.2, 0.25) is 5.91 Å². The summed E-state index contributed by atoms with van der Waals surface area (Å²) >= 11 is 0. The predicted octanol–water partition coefficient (Wildman–Crippen LogP) is 1.98. The van der Waals surface area contributed by atoms with E-state index in [1.54, 1.807) is 0 Å². The number of carbonyl (C=O) groups excluding carboxylic acids is 1. The molecule has 0 radical (unpaired) electrons. The summed E-state index contributed by atoms with van der Waals surface area (Å²) in [6.07, 6.45) is 7.30. The lowest BCUT2D eigenvalue weighted by atomic mass is 9.92. The quantitative estimate of drug-likeness (QED) is 0.687. The fourth-order valence-electron chi connectivity index (χ4n) is 4.78. The van der Waals surface area contributed by atoms with E-state index in [0.29, 0.717) is 24.7 Å². The van der Waals surface area contributed by atoms with Crippen LogP contribution in [0.5, 0.6) is 0 Å². The molecule has 3 rings (SSSR count). The molecule has 3 saturated heterocycles. The molecule has 3 aliphatic heterocycles. The summed E-state index contributed by atoms with van der Waals surface area (Å²) in [5.74, 6) is 1.13. The third kappa shape index (κ3) is 4.83. The van der Waals surface area contributed by atoms with Crippen molar-refractivity contribution in [1.82, 2.24) is 14.7 Å². The number of rotatable bonds is 6. The molecule has 142 valence electrons. The Kier molecular flexibility index (Phi) is 6.53. The van der Waals surface area contributed by atoms with E-state index in [1.165, 1.54) is 25.8 Å². The molecule has 0 aliphatic carbocycles. The molecule has 3 aliphatic rings. The van der Waals surface area contributed by atoms with Gasteiger partial charge >= 0.3 is 0 Å². The van der Waals surface area contributed by atoms with Crippen LogP contribution < -0.4 is 0 Å². The van der Waals surface area contributed by atoms with Gasteiger partial charge in [0.15, 0.2) is 0 Å². The molecule has 0 saturated carbocycles. The Morgan fingerprint density at radius 1 is 1.12 bits per heavy atom. The largest absolute Gasteiger partial charge is 0.373 e. The van der Waals surface area contributed by atoms with Crippen LogP contribution in [0.1, 0.15) is 39.5 Å². The van der Waals surface area contributed by atoms with E-state index in [9.17, 15) is 4.79 Å². The Hall–Kier alpha value is -0.910. The second-order valence-corrected chi connectivity index (χ2v) is 8.16. The number of carbonyl (C=O) groups is 1. The van der Waals surface area contributed by atoms with Crippen molar-refractivity contribution >= 4 is 5.91 Å². The van der Waals surface area contributed by atoms with Gasteiger partial charge in [-0.15, -0.1) is 6.58 Å². The number of hydrogen-bond acceptors (Lipinski definition) is 4. The highest BCUT2D eigenvalue weighted by molar-refractivity contribution is 5.84. The number of morpholine rings is 1. The van der Waals surface area contributed by atoms with Gasteiger partial charge in [0, 0.05) is 26.2 Å². The molecule has 0 unspecified atom stereocenters. The zero-order valence-electron chi connectivity index (χ0n) is 16.0. The second kappa shape index (κ2) is 8.65. The van der Waals surface area contributed by atoms with Crippen molar-refractivity contribution in [3.8, 4) is 0 Å². The maximum atomic E-state index is 12.5. The van der Waals surface area contributed by atoms with Crippen molar-refractivity contribution in [3.05, 3.63) is 12.7 Å². The summed E-state index contributed by atoms with van der Waals surface area (Å²) in [5.41, 5.74) is 0. The molecule has 0 bridgehead atoms. The zero-order valence-corrected chi connectivity index (χ0v) is 16.0. The van der Waals surface area contributed by atoms with Crippen molar-refractivity contribution in [2.45, 2.75) is 57.8 Å². The molecule has 0 aromatic heterocycles. The minimum absolute atomic E-state index is 0.127. The van der Waals surface area contributed by atoms with E-state index < -0.39 is 0 Å². The minimum Gasteiger partial charge on any atom is -0.373 e. The molecule has 0 N–H and O–H groups in total. The van der Waals surface area contributed by atoms with Crippen molar-refractivity contribution in [3.63, 3.8) is 0 Å². The smallest absolute Gasteiger partial charge is 0.240 e. The first-order valence-corrected chi connectivity index (χ1v) is 10.1. The molecular formula is C20H35N3O2. The molecule has 3 atom stereocenters. The fraction of sp³-hybridized carbons (Fsp3) is 0.850. The Morgan fingerprint density at radius 2 is 1.80 bits per heavy atom. The fourth-order valence-corrected chi connectivity index (χ4v) is 4.78. The van der Waals surface area contributed by atoms with E-state index in [4.69, 9.17) is 4.74 Å². The summed E-state index contributed by atoms with van der Waals surface area (Å²) in [5, 5.41) is 0. The first-order chi connectivity index (χ1) is 12.1. The van der Waals surface area contributed by atoms with Gasteiger partial charge in [-0.3, -0.25) is 14.6 Å². The Morgan fingerprint density at radius 3 is 2.44 bits per heavy atom. The molecule has 5 nitrogen and oxygen atoms in total. The van der Waals surface area contributed by atoms with Crippen LogP contribution >= 0.6 is 0 Å². The topological polar surface area (TPSA) is 36.0 Å². The molecule has 1 amide bonds. The van der Waals surface area contributed by atoms with E-state index in [0.717, 1.165) is 45.1 Å². The number of amides is 1. The second-order valence-electron chi connectivity index (χ2n) is 8.16. The van der Waals surface area contributed by atoms with Crippen LogP contribution in [-0.2, 0) is 9.53 Å². The summed E-state index contributed by atoms with van der Waals surface area (Å²) in [4.78, 5) is 19.4. The first kappa shape index (κ1) is 18.9. The lowest BCUT2D eigenvalue weighted by Gasteiger charge is -2.38. The van der Waals surface area contributed by atoms with Gasteiger partial charge in [-0.05, 0) is 65.1 Å². The lowest BCUT2D eigenvalue weighted by Crippen LogP contribution is -2.47. The van der Waals surface area contributed by atoms with Crippen LogP contribution in [0, 0.1) is 5.92 Å². The van der Waals surface area contributed by atoms with Gasteiger partial charge in [0.05, 0.1) is 18.2 Å². The standard InChI is InChI=1S/C20H35N3O2/c1-4-9-23-13-8-19(20(23)24)22-11-6-18(7-12-22)5-10-21-14-16(2)25-17(3)15-21/h4,16-19H,1,5-15H2,2-3H3/t16-,17+,19-/m1/s1. The van der Waals surface area contributed by atoms with Crippen LogP contribution in [0.3, 0.4) is 0 Å². The van der Waals surface area contributed by atoms with E-state index in [-0.39, 0.29) is 6.04 Å². The van der Waals surface area contributed by atoms with Gasteiger partial charge in [0.1, 0.15) is 0 Å². The molecule has 3 fully saturated rings. The maximum Gasteiger partial charge on any atom is 0.240 e. The summed E-state index contributed by atoms with van der Waals surface area (Å²) in [7, 11) is 0.